The van der Waals surface area contributed by atoms with Crippen molar-refractivity contribution in [2.45, 2.75) is 31.8 Å². The van der Waals surface area contributed by atoms with Crippen LogP contribution < -0.4 is 10.6 Å². The van der Waals surface area contributed by atoms with Crippen LogP contribution in [0.1, 0.15) is 30.3 Å². The quantitative estimate of drug-likeness (QED) is 0.872. The molecule has 0 saturated carbocycles. The predicted molar refractivity (Wildman–Crippen MR) is 71.1 cm³/mol. The summed E-state index contributed by atoms with van der Waals surface area (Å²) in [5, 5.41) is 6.48. The molecule has 5 heteroatoms. The van der Waals surface area contributed by atoms with Crippen molar-refractivity contribution in [3.63, 3.8) is 0 Å². The molecule has 0 radical (unpaired) electrons. The van der Waals surface area contributed by atoms with E-state index in [1.165, 1.54) is 0 Å². The maximum absolute atomic E-state index is 12.1. The van der Waals surface area contributed by atoms with Crippen LogP contribution in [0.4, 0.5) is 0 Å². The van der Waals surface area contributed by atoms with E-state index in [1.54, 1.807) is 0 Å². The number of aromatic nitrogens is 1. The molecule has 1 amide bonds. The number of hydrogen-bond acceptors (Lipinski definition) is 2. The average molecular weight is 300 g/mol. The molecule has 17 heavy (non-hydrogen) atoms. The summed E-state index contributed by atoms with van der Waals surface area (Å²) in [6.07, 6.45) is 3.89. The molecule has 0 aromatic carbocycles. The Hall–Kier alpha value is -0.810. The van der Waals surface area contributed by atoms with Crippen molar-refractivity contribution in [3.05, 3.63) is 22.4 Å². The van der Waals surface area contributed by atoms with Crippen molar-refractivity contribution >= 4 is 21.8 Å². The molecule has 0 aliphatic carbocycles. The molecule has 2 atom stereocenters. The Labute approximate surface area is 110 Å². The van der Waals surface area contributed by atoms with Crippen LogP contribution in [0.5, 0.6) is 0 Å². The van der Waals surface area contributed by atoms with E-state index in [0.717, 1.165) is 23.9 Å². The molecule has 2 unspecified atom stereocenters. The number of halogens is 1. The van der Waals surface area contributed by atoms with Crippen molar-refractivity contribution in [1.82, 2.24) is 15.2 Å². The highest BCUT2D eigenvalue weighted by atomic mass is 79.9. The molecular formula is C12H18BrN3O. The highest BCUT2D eigenvalue weighted by Crippen LogP contribution is 2.15. The molecule has 0 bridgehead atoms. The van der Waals surface area contributed by atoms with Gasteiger partial charge >= 0.3 is 0 Å². The van der Waals surface area contributed by atoms with Crippen molar-refractivity contribution in [1.29, 1.82) is 0 Å². The molecule has 0 spiro atoms. The predicted octanol–water partition coefficient (Wildman–Crippen LogP) is 1.66. The minimum atomic E-state index is 0.0114. The molecule has 2 heterocycles. The van der Waals surface area contributed by atoms with Crippen molar-refractivity contribution in [2.24, 2.45) is 7.05 Å². The van der Waals surface area contributed by atoms with Crippen LogP contribution >= 0.6 is 15.9 Å². The zero-order valence-corrected chi connectivity index (χ0v) is 11.8. The van der Waals surface area contributed by atoms with E-state index in [1.807, 2.05) is 23.9 Å². The molecule has 1 aromatic rings. The SMILES string of the molecule is CC1CC(NC(=O)c2cc(Br)cn2C)CCN1. The van der Waals surface area contributed by atoms with E-state index in [9.17, 15) is 4.79 Å². The first-order chi connectivity index (χ1) is 8.06. The summed E-state index contributed by atoms with van der Waals surface area (Å²) in [6.45, 7) is 3.13. The molecular weight excluding hydrogens is 282 g/mol. The van der Waals surface area contributed by atoms with Crippen molar-refractivity contribution in [3.8, 4) is 0 Å². The number of hydrogen-bond donors (Lipinski definition) is 2. The summed E-state index contributed by atoms with van der Waals surface area (Å²) in [4.78, 5) is 12.1. The zero-order chi connectivity index (χ0) is 12.4. The Balaban J connectivity index is 1.99. The molecule has 1 aliphatic rings. The van der Waals surface area contributed by atoms with E-state index >= 15 is 0 Å². The minimum absolute atomic E-state index is 0.0114. The van der Waals surface area contributed by atoms with E-state index in [4.69, 9.17) is 0 Å². The van der Waals surface area contributed by atoms with Crippen molar-refractivity contribution in [2.75, 3.05) is 6.54 Å². The highest BCUT2D eigenvalue weighted by molar-refractivity contribution is 9.10. The molecule has 1 fully saturated rings. The molecule has 94 valence electrons. The van der Waals surface area contributed by atoms with Gasteiger partial charge < -0.3 is 15.2 Å². The van der Waals surface area contributed by atoms with Gasteiger partial charge in [0.2, 0.25) is 0 Å². The van der Waals surface area contributed by atoms with Gasteiger partial charge in [-0.2, -0.15) is 0 Å². The topological polar surface area (TPSA) is 46.1 Å². The lowest BCUT2D eigenvalue weighted by Crippen LogP contribution is -2.46. The first-order valence-corrected chi connectivity index (χ1v) is 6.71. The number of aryl methyl sites for hydroxylation is 1. The maximum atomic E-state index is 12.1. The third kappa shape index (κ3) is 3.10. The van der Waals surface area contributed by atoms with E-state index in [-0.39, 0.29) is 11.9 Å². The number of nitrogens with one attached hydrogen (secondary N) is 2. The smallest absolute Gasteiger partial charge is 0.268 e. The van der Waals surface area contributed by atoms with Gasteiger partial charge in [-0.3, -0.25) is 4.79 Å². The van der Waals surface area contributed by atoms with E-state index in [2.05, 4.69) is 33.5 Å². The number of carbonyl (C=O) groups is 1. The largest absolute Gasteiger partial charge is 0.348 e. The van der Waals surface area contributed by atoms with Crippen LogP contribution in [0.25, 0.3) is 0 Å². The first-order valence-electron chi connectivity index (χ1n) is 5.92. The Bertz CT molecular complexity index is 416. The monoisotopic (exact) mass is 299 g/mol. The summed E-state index contributed by atoms with van der Waals surface area (Å²) >= 11 is 3.38. The Morgan fingerprint density at radius 2 is 2.41 bits per heavy atom. The third-order valence-electron chi connectivity index (χ3n) is 3.16. The average Bonchev–Trinajstić information content (AvgIpc) is 2.58. The molecule has 1 aliphatic heterocycles. The second kappa shape index (κ2) is 5.23. The van der Waals surface area contributed by atoms with Gasteiger partial charge in [0.1, 0.15) is 5.69 Å². The van der Waals surface area contributed by atoms with Gasteiger partial charge in [-0.25, -0.2) is 0 Å². The van der Waals surface area contributed by atoms with Crippen LogP contribution in [-0.4, -0.2) is 29.1 Å². The number of rotatable bonds is 2. The van der Waals surface area contributed by atoms with Crippen LogP contribution in [0.15, 0.2) is 16.7 Å². The Kier molecular flexibility index (Phi) is 3.89. The van der Waals surface area contributed by atoms with Gasteiger partial charge in [0.15, 0.2) is 0 Å². The zero-order valence-electron chi connectivity index (χ0n) is 10.2. The van der Waals surface area contributed by atoms with Gasteiger partial charge in [0.05, 0.1) is 0 Å². The highest BCUT2D eigenvalue weighted by Gasteiger charge is 2.21. The lowest BCUT2D eigenvalue weighted by molar-refractivity contribution is 0.0917. The maximum Gasteiger partial charge on any atom is 0.268 e. The third-order valence-corrected chi connectivity index (χ3v) is 3.60. The van der Waals surface area contributed by atoms with Gasteiger partial charge in [0.25, 0.3) is 5.91 Å². The lowest BCUT2D eigenvalue weighted by atomic mass is 10.0. The normalized spacial score (nSPS) is 24.6. The summed E-state index contributed by atoms with van der Waals surface area (Å²) in [7, 11) is 1.88. The van der Waals surface area contributed by atoms with Crippen LogP contribution in [0.2, 0.25) is 0 Å². The second-order valence-electron chi connectivity index (χ2n) is 4.70. The molecule has 1 saturated heterocycles. The van der Waals surface area contributed by atoms with Crippen LogP contribution in [0.3, 0.4) is 0 Å². The van der Waals surface area contributed by atoms with Crippen LogP contribution in [-0.2, 0) is 7.05 Å². The number of piperidine rings is 1. The summed E-state index contributed by atoms with van der Waals surface area (Å²) in [5.41, 5.74) is 0.697. The molecule has 2 rings (SSSR count). The number of amides is 1. The minimum Gasteiger partial charge on any atom is -0.348 e. The lowest BCUT2D eigenvalue weighted by Gasteiger charge is -2.28. The van der Waals surface area contributed by atoms with E-state index < -0.39 is 0 Å². The van der Waals surface area contributed by atoms with Crippen LogP contribution in [0, 0.1) is 0 Å². The standard InChI is InChI=1S/C12H18BrN3O/c1-8-5-10(3-4-14-8)15-12(17)11-6-9(13)7-16(11)2/h6-8,10,14H,3-5H2,1-2H3,(H,15,17). The summed E-state index contributed by atoms with van der Waals surface area (Å²) in [6, 6.07) is 2.61. The van der Waals surface area contributed by atoms with E-state index in [0.29, 0.717) is 11.7 Å². The summed E-state index contributed by atoms with van der Waals surface area (Å²) in [5.74, 6) is 0.0114. The van der Waals surface area contributed by atoms with Gasteiger partial charge in [0, 0.05) is 29.8 Å². The van der Waals surface area contributed by atoms with Gasteiger partial charge in [-0.15, -0.1) is 0 Å². The fourth-order valence-electron chi connectivity index (χ4n) is 2.27. The summed E-state index contributed by atoms with van der Waals surface area (Å²) < 4.78 is 2.77. The Morgan fingerprint density at radius 3 is 3.00 bits per heavy atom. The Morgan fingerprint density at radius 1 is 1.65 bits per heavy atom. The fourth-order valence-corrected chi connectivity index (χ4v) is 2.80. The molecule has 2 N–H and O–H groups in total. The van der Waals surface area contributed by atoms with Crippen molar-refractivity contribution < 1.29 is 4.79 Å². The second-order valence-corrected chi connectivity index (χ2v) is 5.62. The number of carbonyl (C=O) groups excluding carboxylic acids is 1. The fraction of sp³-hybridized carbons (Fsp3) is 0.583. The number of nitrogens with zero attached hydrogens (tertiary/aromatic N) is 1. The molecule has 4 nitrogen and oxygen atoms in total. The first kappa shape index (κ1) is 12.6. The van der Waals surface area contributed by atoms with Gasteiger partial charge in [-0.1, -0.05) is 0 Å². The van der Waals surface area contributed by atoms with Gasteiger partial charge in [-0.05, 0) is 48.3 Å². The molecule has 1 aromatic heterocycles.